The SMILES string of the molecule is CCn1nc(CNCC2CN(C)CCO2)c2ccccc21. The summed E-state index contributed by atoms with van der Waals surface area (Å²) in [7, 11) is 2.14. The van der Waals surface area contributed by atoms with Gasteiger partial charge in [0, 0.05) is 38.1 Å². The zero-order valence-electron chi connectivity index (χ0n) is 12.9. The predicted molar refractivity (Wildman–Crippen MR) is 84.4 cm³/mol. The number of ether oxygens (including phenoxy) is 1. The molecule has 0 spiro atoms. The van der Waals surface area contributed by atoms with E-state index in [9.17, 15) is 0 Å². The largest absolute Gasteiger partial charge is 0.374 e. The van der Waals surface area contributed by atoms with Gasteiger partial charge in [0.15, 0.2) is 0 Å². The van der Waals surface area contributed by atoms with Crippen LogP contribution in [0.4, 0.5) is 0 Å². The number of fused-ring (bicyclic) bond motifs is 1. The lowest BCUT2D eigenvalue weighted by molar-refractivity contribution is -0.0182. The van der Waals surface area contributed by atoms with Crippen molar-refractivity contribution in [3.63, 3.8) is 0 Å². The predicted octanol–water partition coefficient (Wildman–Crippen LogP) is 1.48. The van der Waals surface area contributed by atoms with Crippen LogP contribution in [0.2, 0.25) is 0 Å². The number of aryl methyl sites for hydroxylation is 1. The molecule has 0 bridgehead atoms. The molecule has 1 aromatic heterocycles. The minimum atomic E-state index is 0.281. The van der Waals surface area contributed by atoms with E-state index in [1.54, 1.807) is 0 Å². The number of rotatable bonds is 5. The summed E-state index contributed by atoms with van der Waals surface area (Å²) in [5, 5.41) is 9.45. The van der Waals surface area contributed by atoms with Gasteiger partial charge in [0.2, 0.25) is 0 Å². The van der Waals surface area contributed by atoms with Crippen LogP contribution in [0.25, 0.3) is 10.9 Å². The van der Waals surface area contributed by atoms with E-state index < -0.39 is 0 Å². The molecule has 0 amide bonds. The van der Waals surface area contributed by atoms with Gasteiger partial charge < -0.3 is 15.0 Å². The fourth-order valence-corrected chi connectivity index (χ4v) is 2.91. The molecule has 1 atom stereocenters. The van der Waals surface area contributed by atoms with Gasteiger partial charge in [-0.15, -0.1) is 0 Å². The van der Waals surface area contributed by atoms with Gasteiger partial charge >= 0.3 is 0 Å². The summed E-state index contributed by atoms with van der Waals surface area (Å²) in [5.74, 6) is 0. The van der Waals surface area contributed by atoms with Crippen molar-refractivity contribution < 1.29 is 4.74 Å². The average Bonchev–Trinajstić information content (AvgIpc) is 2.86. The van der Waals surface area contributed by atoms with Gasteiger partial charge in [0.25, 0.3) is 0 Å². The monoisotopic (exact) mass is 288 g/mol. The molecule has 1 saturated heterocycles. The number of nitrogens with one attached hydrogen (secondary N) is 1. The summed E-state index contributed by atoms with van der Waals surface area (Å²) in [5.41, 5.74) is 2.34. The van der Waals surface area contributed by atoms with Crippen LogP contribution in [0.15, 0.2) is 24.3 Å². The van der Waals surface area contributed by atoms with E-state index in [1.165, 1.54) is 10.9 Å². The number of para-hydroxylation sites is 1. The zero-order chi connectivity index (χ0) is 14.7. The molecule has 2 aromatic rings. The number of morpholine rings is 1. The molecule has 21 heavy (non-hydrogen) atoms. The maximum Gasteiger partial charge on any atom is 0.0841 e. The maximum absolute atomic E-state index is 5.77. The first-order valence-electron chi connectivity index (χ1n) is 7.73. The van der Waals surface area contributed by atoms with Gasteiger partial charge in [-0.25, -0.2) is 0 Å². The second kappa shape index (κ2) is 6.56. The molecule has 5 heteroatoms. The number of aromatic nitrogens is 2. The van der Waals surface area contributed by atoms with Crippen molar-refractivity contribution >= 4 is 10.9 Å². The third-order valence-electron chi connectivity index (χ3n) is 4.04. The first-order valence-corrected chi connectivity index (χ1v) is 7.73. The number of nitrogens with zero attached hydrogens (tertiary/aromatic N) is 3. The van der Waals surface area contributed by atoms with E-state index >= 15 is 0 Å². The lowest BCUT2D eigenvalue weighted by atomic mass is 10.2. The molecule has 3 rings (SSSR count). The lowest BCUT2D eigenvalue weighted by Gasteiger charge is -2.30. The Labute approximate surface area is 125 Å². The van der Waals surface area contributed by atoms with Crippen LogP contribution in [0.3, 0.4) is 0 Å². The Morgan fingerprint density at radius 3 is 3.05 bits per heavy atom. The van der Waals surface area contributed by atoms with E-state index in [0.29, 0.717) is 0 Å². The smallest absolute Gasteiger partial charge is 0.0841 e. The summed E-state index contributed by atoms with van der Waals surface area (Å²) in [6.07, 6.45) is 0.281. The maximum atomic E-state index is 5.77. The van der Waals surface area contributed by atoms with Crippen LogP contribution in [0.1, 0.15) is 12.6 Å². The average molecular weight is 288 g/mol. The quantitative estimate of drug-likeness (QED) is 0.905. The van der Waals surface area contributed by atoms with Crippen molar-refractivity contribution in [2.24, 2.45) is 0 Å². The Morgan fingerprint density at radius 2 is 2.24 bits per heavy atom. The van der Waals surface area contributed by atoms with Gasteiger partial charge in [-0.2, -0.15) is 5.10 Å². The van der Waals surface area contributed by atoms with Crippen molar-refractivity contribution in [3.8, 4) is 0 Å². The molecule has 1 aromatic carbocycles. The topological polar surface area (TPSA) is 42.3 Å². The minimum absolute atomic E-state index is 0.281. The Kier molecular flexibility index (Phi) is 4.53. The number of benzene rings is 1. The van der Waals surface area contributed by atoms with Gasteiger partial charge in [0.1, 0.15) is 0 Å². The number of likely N-dealkylation sites (N-methyl/N-ethyl adjacent to an activating group) is 1. The summed E-state index contributed by atoms with van der Waals surface area (Å²) < 4.78 is 7.84. The molecule has 114 valence electrons. The lowest BCUT2D eigenvalue weighted by Crippen LogP contribution is -2.44. The first kappa shape index (κ1) is 14.5. The Morgan fingerprint density at radius 1 is 1.38 bits per heavy atom. The van der Waals surface area contributed by atoms with Crippen molar-refractivity contribution in [1.82, 2.24) is 20.0 Å². The van der Waals surface area contributed by atoms with E-state index in [0.717, 1.165) is 45.0 Å². The molecular weight excluding hydrogens is 264 g/mol. The van der Waals surface area contributed by atoms with Gasteiger partial charge in [-0.3, -0.25) is 4.68 Å². The van der Waals surface area contributed by atoms with Crippen molar-refractivity contribution in [3.05, 3.63) is 30.0 Å². The summed E-state index contributed by atoms with van der Waals surface area (Å²) >= 11 is 0. The highest BCUT2D eigenvalue weighted by Gasteiger charge is 2.17. The van der Waals surface area contributed by atoms with Crippen LogP contribution < -0.4 is 5.32 Å². The third kappa shape index (κ3) is 3.26. The fourth-order valence-electron chi connectivity index (χ4n) is 2.91. The van der Waals surface area contributed by atoms with Crippen molar-refractivity contribution in [2.45, 2.75) is 26.1 Å². The Balaban J connectivity index is 1.63. The summed E-state index contributed by atoms with van der Waals surface area (Å²) in [6, 6.07) is 8.43. The van der Waals surface area contributed by atoms with Crippen LogP contribution in [-0.2, 0) is 17.8 Å². The zero-order valence-corrected chi connectivity index (χ0v) is 12.9. The Hall–Kier alpha value is -1.43. The second-order valence-corrected chi connectivity index (χ2v) is 5.67. The standard InChI is InChI=1S/C16H24N4O/c1-3-20-16-7-5-4-6-14(16)15(18-20)11-17-10-13-12-19(2)8-9-21-13/h4-7,13,17H,3,8-12H2,1-2H3. The number of hydrogen-bond donors (Lipinski definition) is 1. The van der Waals surface area contributed by atoms with E-state index in [2.05, 4.69) is 53.1 Å². The van der Waals surface area contributed by atoms with Crippen LogP contribution >= 0.6 is 0 Å². The van der Waals surface area contributed by atoms with E-state index in [-0.39, 0.29) is 6.10 Å². The molecular formula is C16H24N4O. The van der Waals surface area contributed by atoms with Gasteiger partial charge in [0.05, 0.1) is 23.9 Å². The molecule has 0 radical (unpaired) electrons. The molecule has 2 heterocycles. The van der Waals surface area contributed by atoms with Gasteiger partial charge in [-0.05, 0) is 20.0 Å². The summed E-state index contributed by atoms with van der Waals surface area (Å²) in [6.45, 7) is 7.55. The fraction of sp³-hybridized carbons (Fsp3) is 0.562. The highest BCUT2D eigenvalue weighted by Crippen LogP contribution is 2.18. The Bertz CT molecular complexity index is 595. The number of hydrogen-bond acceptors (Lipinski definition) is 4. The normalized spacial score (nSPS) is 20.2. The van der Waals surface area contributed by atoms with E-state index in [1.807, 2.05) is 0 Å². The van der Waals surface area contributed by atoms with Crippen LogP contribution in [-0.4, -0.2) is 54.1 Å². The molecule has 0 saturated carbocycles. The molecule has 1 aliphatic heterocycles. The third-order valence-corrected chi connectivity index (χ3v) is 4.04. The summed E-state index contributed by atoms with van der Waals surface area (Å²) in [4.78, 5) is 2.32. The highest BCUT2D eigenvalue weighted by atomic mass is 16.5. The van der Waals surface area contributed by atoms with Crippen LogP contribution in [0.5, 0.6) is 0 Å². The van der Waals surface area contributed by atoms with Crippen LogP contribution in [0, 0.1) is 0 Å². The molecule has 1 N–H and O–H groups in total. The van der Waals surface area contributed by atoms with Crippen molar-refractivity contribution in [1.29, 1.82) is 0 Å². The molecule has 1 fully saturated rings. The second-order valence-electron chi connectivity index (χ2n) is 5.67. The molecule has 5 nitrogen and oxygen atoms in total. The minimum Gasteiger partial charge on any atom is -0.374 e. The van der Waals surface area contributed by atoms with Crippen molar-refractivity contribution in [2.75, 3.05) is 33.3 Å². The van der Waals surface area contributed by atoms with Gasteiger partial charge in [-0.1, -0.05) is 18.2 Å². The van der Waals surface area contributed by atoms with E-state index in [4.69, 9.17) is 9.84 Å². The molecule has 1 unspecified atom stereocenters. The first-order chi connectivity index (χ1) is 10.3. The highest BCUT2D eigenvalue weighted by molar-refractivity contribution is 5.81. The molecule has 1 aliphatic rings. The molecule has 0 aliphatic carbocycles.